The predicted molar refractivity (Wildman–Crippen MR) is 115 cm³/mol. The van der Waals surface area contributed by atoms with Gasteiger partial charge in [-0.1, -0.05) is 41.1 Å². The summed E-state index contributed by atoms with van der Waals surface area (Å²) in [7, 11) is 0. The van der Waals surface area contributed by atoms with Crippen LogP contribution < -0.4 is 4.90 Å². The summed E-state index contributed by atoms with van der Waals surface area (Å²) in [5.74, 6) is -0.151. The lowest BCUT2D eigenvalue weighted by molar-refractivity contribution is 0.0985. The standard InChI is InChI=1S/C22H18ClN3OS/c1-14-10-15(2)20-19(11-14)25-22(28-20)26(13-18-8-3-4-9-24-18)21(27)16-6-5-7-17(23)12-16/h3-12H,13H2,1-2H3. The van der Waals surface area contributed by atoms with E-state index in [1.54, 1.807) is 35.4 Å². The van der Waals surface area contributed by atoms with E-state index in [9.17, 15) is 4.79 Å². The van der Waals surface area contributed by atoms with Crippen molar-refractivity contribution in [2.24, 2.45) is 0 Å². The molecule has 0 fully saturated rings. The molecule has 0 saturated heterocycles. The third-order valence-electron chi connectivity index (χ3n) is 4.40. The highest BCUT2D eigenvalue weighted by molar-refractivity contribution is 7.22. The number of nitrogens with zero attached hydrogens (tertiary/aromatic N) is 3. The molecular weight excluding hydrogens is 390 g/mol. The predicted octanol–water partition coefficient (Wildman–Crippen LogP) is 5.81. The number of aromatic nitrogens is 2. The fourth-order valence-electron chi connectivity index (χ4n) is 3.14. The molecule has 0 saturated carbocycles. The molecule has 4 aromatic rings. The first-order chi connectivity index (χ1) is 13.5. The molecule has 0 bridgehead atoms. The zero-order valence-corrected chi connectivity index (χ0v) is 17.1. The van der Waals surface area contributed by atoms with Gasteiger partial charge in [0.25, 0.3) is 5.91 Å². The van der Waals surface area contributed by atoms with Crippen LogP contribution in [0.1, 0.15) is 27.2 Å². The minimum atomic E-state index is -0.151. The maximum atomic E-state index is 13.3. The van der Waals surface area contributed by atoms with Crippen molar-refractivity contribution < 1.29 is 4.79 Å². The Balaban J connectivity index is 1.80. The van der Waals surface area contributed by atoms with Gasteiger partial charge in [0.1, 0.15) is 0 Å². The van der Waals surface area contributed by atoms with Crippen molar-refractivity contribution in [3.05, 3.63) is 88.2 Å². The molecule has 2 heterocycles. The number of fused-ring (bicyclic) bond motifs is 1. The van der Waals surface area contributed by atoms with Crippen LogP contribution in [0.4, 0.5) is 5.13 Å². The number of carbonyl (C=O) groups excluding carboxylic acids is 1. The maximum absolute atomic E-state index is 13.3. The van der Waals surface area contributed by atoms with Gasteiger partial charge < -0.3 is 0 Å². The maximum Gasteiger partial charge on any atom is 0.260 e. The highest BCUT2D eigenvalue weighted by atomic mass is 35.5. The third kappa shape index (κ3) is 3.77. The van der Waals surface area contributed by atoms with Crippen molar-refractivity contribution >= 4 is 44.2 Å². The molecule has 28 heavy (non-hydrogen) atoms. The number of aryl methyl sites for hydroxylation is 2. The van der Waals surface area contributed by atoms with Gasteiger partial charge in [-0.05, 0) is 61.4 Å². The Bertz CT molecular complexity index is 1160. The number of carbonyl (C=O) groups is 1. The van der Waals surface area contributed by atoms with Gasteiger partial charge in [0.15, 0.2) is 5.13 Å². The fourth-order valence-corrected chi connectivity index (χ4v) is 4.34. The number of hydrogen-bond donors (Lipinski definition) is 0. The molecule has 0 atom stereocenters. The molecule has 0 aliphatic rings. The van der Waals surface area contributed by atoms with Crippen LogP contribution in [-0.4, -0.2) is 15.9 Å². The molecule has 0 aliphatic heterocycles. The van der Waals surface area contributed by atoms with Gasteiger partial charge in [-0.2, -0.15) is 0 Å². The number of hydrogen-bond acceptors (Lipinski definition) is 4. The van der Waals surface area contributed by atoms with Gasteiger partial charge in [-0.25, -0.2) is 4.98 Å². The van der Waals surface area contributed by atoms with Crippen molar-refractivity contribution in [2.75, 3.05) is 4.90 Å². The number of amides is 1. The molecule has 6 heteroatoms. The summed E-state index contributed by atoms with van der Waals surface area (Å²) in [6.07, 6.45) is 1.73. The molecule has 0 unspecified atom stereocenters. The van der Waals surface area contributed by atoms with Gasteiger partial charge in [-0.3, -0.25) is 14.7 Å². The third-order valence-corrected chi connectivity index (χ3v) is 5.87. The number of pyridine rings is 1. The van der Waals surface area contributed by atoms with E-state index in [4.69, 9.17) is 16.6 Å². The summed E-state index contributed by atoms with van der Waals surface area (Å²) in [6.45, 7) is 4.46. The molecule has 4 nitrogen and oxygen atoms in total. The van der Waals surface area contributed by atoms with E-state index in [-0.39, 0.29) is 5.91 Å². The summed E-state index contributed by atoms with van der Waals surface area (Å²) >= 11 is 7.63. The van der Waals surface area contributed by atoms with E-state index in [1.165, 1.54) is 11.3 Å². The van der Waals surface area contributed by atoms with Gasteiger partial charge >= 0.3 is 0 Å². The molecule has 0 N–H and O–H groups in total. The van der Waals surface area contributed by atoms with Crippen LogP contribution in [0.3, 0.4) is 0 Å². The van der Waals surface area contributed by atoms with Crippen LogP contribution in [0.25, 0.3) is 10.2 Å². The summed E-state index contributed by atoms with van der Waals surface area (Å²) in [6, 6.07) is 16.8. The molecule has 1 amide bonds. The fraction of sp³-hybridized carbons (Fsp3) is 0.136. The summed E-state index contributed by atoms with van der Waals surface area (Å²) in [5.41, 5.74) is 4.54. The van der Waals surface area contributed by atoms with E-state index in [2.05, 4.69) is 18.0 Å². The van der Waals surface area contributed by atoms with Gasteiger partial charge in [0.05, 0.1) is 22.5 Å². The summed E-state index contributed by atoms with van der Waals surface area (Å²) < 4.78 is 1.09. The number of anilines is 1. The van der Waals surface area contributed by atoms with E-state index < -0.39 is 0 Å². The van der Waals surface area contributed by atoms with Gasteiger partial charge in [-0.15, -0.1) is 0 Å². The molecule has 0 spiro atoms. The first kappa shape index (κ1) is 18.6. The van der Waals surface area contributed by atoms with E-state index in [1.807, 2.05) is 31.2 Å². The molecule has 2 aromatic heterocycles. The second kappa shape index (κ2) is 7.70. The van der Waals surface area contributed by atoms with Crippen LogP contribution in [0.2, 0.25) is 5.02 Å². The van der Waals surface area contributed by atoms with Gasteiger partial charge in [0, 0.05) is 16.8 Å². The molecule has 0 aliphatic carbocycles. The lowest BCUT2D eigenvalue weighted by atomic mass is 10.1. The summed E-state index contributed by atoms with van der Waals surface area (Å²) in [4.78, 5) is 24.2. The zero-order valence-electron chi connectivity index (χ0n) is 15.5. The number of benzene rings is 2. The van der Waals surface area contributed by atoms with E-state index >= 15 is 0 Å². The van der Waals surface area contributed by atoms with Crippen molar-refractivity contribution in [1.82, 2.24) is 9.97 Å². The largest absolute Gasteiger partial charge is 0.278 e. The minimum absolute atomic E-state index is 0.151. The Morgan fingerprint density at radius 2 is 1.96 bits per heavy atom. The minimum Gasteiger partial charge on any atom is -0.278 e. The molecule has 140 valence electrons. The first-order valence-corrected chi connectivity index (χ1v) is 10.1. The average molecular weight is 408 g/mol. The van der Waals surface area contributed by atoms with Crippen LogP contribution in [0.15, 0.2) is 60.8 Å². The quantitative estimate of drug-likeness (QED) is 0.429. The average Bonchev–Trinajstić information content (AvgIpc) is 3.10. The lowest BCUT2D eigenvalue weighted by Gasteiger charge is -2.19. The molecule has 0 radical (unpaired) electrons. The highest BCUT2D eigenvalue weighted by Crippen LogP contribution is 2.33. The van der Waals surface area contributed by atoms with Crippen molar-refractivity contribution in [3.63, 3.8) is 0 Å². The highest BCUT2D eigenvalue weighted by Gasteiger charge is 2.23. The van der Waals surface area contributed by atoms with E-state index in [0.29, 0.717) is 22.3 Å². The molecule has 4 rings (SSSR count). The van der Waals surface area contributed by atoms with Crippen LogP contribution in [0, 0.1) is 13.8 Å². The zero-order chi connectivity index (χ0) is 19.7. The summed E-state index contributed by atoms with van der Waals surface area (Å²) in [5, 5.41) is 1.18. The normalized spacial score (nSPS) is 11.0. The second-order valence-corrected chi connectivity index (χ2v) is 8.06. The van der Waals surface area contributed by atoms with E-state index in [0.717, 1.165) is 27.0 Å². The van der Waals surface area contributed by atoms with Gasteiger partial charge in [0.2, 0.25) is 0 Å². The molecular formula is C22H18ClN3OS. The van der Waals surface area contributed by atoms with Crippen molar-refractivity contribution in [2.45, 2.75) is 20.4 Å². The van der Waals surface area contributed by atoms with Crippen LogP contribution in [0.5, 0.6) is 0 Å². The number of halogens is 1. The SMILES string of the molecule is Cc1cc(C)c2sc(N(Cc3ccccn3)C(=O)c3cccc(Cl)c3)nc2c1. The monoisotopic (exact) mass is 407 g/mol. The molecule has 2 aromatic carbocycles. The lowest BCUT2D eigenvalue weighted by Crippen LogP contribution is -2.30. The van der Waals surface area contributed by atoms with Crippen molar-refractivity contribution in [3.8, 4) is 0 Å². The Kier molecular flexibility index (Phi) is 5.11. The Labute approximate surface area is 172 Å². The smallest absolute Gasteiger partial charge is 0.260 e. The topological polar surface area (TPSA) is 46.1 Å². The Hall–Kier alpha value is -2.76. The van der Waals surface area contributed by atoms with Crippen molar-refractivity contribution in [1.29, 1.82) is 0 Å². The first-order valence-electron chi connectivity index (χ1n) is 8.86. The van der Waals surface area contributed by atoms with Crippen LogP contribution >= 0.6 is 22.9 Å². The number of thiazole rings is 1. The Morgan fingerprint density at radius 1 is 1.11 bits per heavy atom. The Morgan fingerprint density at radius 3 is 2.71 bits per heavy atom. The second-order valence-electron chi connectivity index (χ2n) is 6.65. The number of rotatable bonds is 4. The van der Waals surface area contributed by atoms with Crippen LogP contribution in [-0.2, 0) is 6.54 Å².